The fourth-order valence-corrected chi connectivity index (χ4v) is 5.12. The number of thioether (sulfide) groups is 1. The lowest BCUT2D eigenvalue weighted by atomic mass is 10.1. The molecule has 1 unspecified atom stereocenters. The Kier molecular flexibility index (Phi) is 6.70. The number of halogens is 1. The first kappa shape index (κ1) is 23.3. The van der Waals surface area contributed by atoms with Gasteiger partial charge in [0.05, 0.1) is 28.9 Å². The number of aromatic nitrogens is 2. The number of hydrogen-bond donors (Lipinski definition) is 1. The molecule has 1 fully saturated rings. The molecule has 4 aromatic rings. The summed E-state index contributed by atoms with van der Waals surface area (Å²) in [7, 11) is 0. The monoisotopic (exact) mass is 548 g/mol. The van der Waals surface area contributed by atoms with Gasteiger partial charge in [-0.3, -0.25) is 14.4 Å². The molecule has 0 aliphatic carbocycles. The first-order valence-corrected chi connectivity index (χ1v) is 12.8. The van der Waals surface area contributed by atoms with Crippen molar-refractivity contribution in [1.29, 1.82) is 0 Å². The number of hydrogen-bond acceptors (Lipinski definition) is 5. The molecule has 3 aromatic carbocycles. The van der Waals surface area contributed by atoms with Gasteiger partial charge in [0.1, 0.15) is 6.04 Å². The van der Waals surface area contributed by atoms with Gasteiger partial charge in [-0.15, -0.1) is 0 Å². The van der Waals surface area contributed by atoms with Gasteiger partial charge in [0.25, 0.3) is 5.91 Å². The van der Waals surface area contributed by atoms with Crippen LogP contribution in [0.2, 0.25) is 0 Å². The molecular weight excluding hydrogens is 528 g/mol. The summed E-state index contributed by atoms with van der Waals surface area (Å²) in [6.45, 7) is 0.234. The average molecular weight is 549 g/mol. The summed E-state index contributed by atoms with van der Waals surface area (Å²) < 4.78 is 0.848. The molecule has 176 valence electrons. The third-order valence-electron chi connectivity index (χ3n) is 5.80. The number of imidazole rings is 1. The van der Waals surface area contributed by atoms with Gasteiger partial charge in [0, 0.05) is 11.0 Å². The quantitative estimate of drug-likeness (QED) is 0.265. The number of anilines is 1. The molecule has 1 N–H and O–H groups in total. The Bertz CT molecular complexity index is 1360. The topological polar surface area (TPSA) is 86.4 Å². The summed E-state index contributed by atoms with van der Waals surface area (Å²) >= 11 is 4.65. The maximum absolute atomic E-state index is 13.4. The molecule has 0 radical (unpaired) electrons. The zero-order chi connectivity index (χ0) is 24.4. The highest BCUT2D eigenvalue weighted by Gasteiger charge is 2.44. The fraction of sp³-hybridized carbons (Fsp3) is 0.154. The van der Waals surface area contributed by atoms with Crippen LogP contribution in [0, 0.1) is 0 Å². The van der Waals surface area contributed by atoms with Crippen LogP contribution >= 0.6 is 27.7 Å². The van der Waals surface area contributed by atoms with E-state index in [0.29, 0.717) is 10.8 Å². The zero-order valence-electron chi connectivity index (χ0n) is 18.6. The van der Waals surface area contributed by atoms with E-state index in [4.69, 9.17) is 0 Å². The minimum absolute atomic E-state index is 0.0528. The summed E-state index contributed by atoms with van der Waals surface area (Å²) in [5.74, 6) is -0.861. The van der Waals surface area contributed by atoms with Crippen molar-refractivity contribution in [3.8, 4) is 0 Å². The summed E-state index contributed by atoms with van der Waals surface area (Å²) in [5.41, 5.74) is 3.10. The van der Waals surface area contributed by atoms with Gasteiger partial charge in [0.2, 0.25) is 11.8 Å². The number of rotatable bonds is 7. The van der Waals surface area contributed by atoms with Gasteiger partial charge in [-0.25, -0.2) is 9.88 Å². The summed E-state index contributed by atoms with van der Waals surface area (Å²) in [4.78, 5) is 50.1. The molecule has 1 saturated heterocycles. The fourth-order valence-electron chi connectivity index (χ4n) is 4.08. The predicted octanol–water partition coefficient (Wildman–Crippen LogP) is 4.78. The second kappa shape index (κ2) is 10.1. The van der Waals surface area contributed by atoms with Crippen LogP contribution in [0.5, 0.6) is 0 Å². The Morgan fingerprint density at radius 3 is 2.49 bits per heavy atom. The second-order valence-electron chi connectivity index (χ2n) is 8.12. The van der Waals surface area contributed by atoms with Gasteiger partial charge in [-0.05, 0) is 42.0 Å². The van der Waals surface area contributed by atoms with E-state index in [2.05, 4.69) is 25.9 Å². The molecule has 7 nitrogen and oxygen atoms in total. The van der Waals surface area contributed by atoms with E-state index < -0.39 is 11.9 Å². The number of carbonyl (C=O) groups is 3. The van der Waals surface area contributed by atoms with Gasteiger partial charge in [-0.1, -0.05) is 70.2 Å². The van der Waals surface area contributed by atoms with Crippen molar-refractivity contribution in [2.45, 2.75) is 24.2 Å². The Hall–Kier alpha value is -3.43. The van der Waals surface area contributed by atoms with Gasteiger partial charge < -0.3 is 9.88 Å². The number of amides is 3. The van der Waals surface area contributed by atoms with Crippen LogP contribution in [-0.2, 0) is 20.9 Å². The van der Waals surface area contributed by atoms with Crippen LogP contribution in [0.4, 0.5) is 5.69 Å². The predicted molar refractivity (Wildman–Crippen MR) is 139 cm³/mol. The lowest BCUT2D eigenvalue weighted by Gasteiger charge is -2.27. The Morgan fingerprint density at radius 2 is 1.74 bits per heavy atom. The van der Waals surface area contributed by atoms with Crippen LogP contribution in [-0.4, -0.2) is 44.4 Å². The van der Waals surface area contributed by atoms with Gasteiger partial charge >= 0.3 is 0 Å². The van der Waals surface area contributed by atoms with Gasteiger partial charge in [0.15, 0.2) is 5.16 Å². The minimum atomic E-state index is -0.866. The molecule has 1 aliphatic heterocycles. The molecular formula is C26H21BrN4O3S. The first-order valence-electron chi connectivity index (χ1n) is 11.0. The van der Waals surface area contributed by atoms with Crippen molar-refractivity contribution < 1.29 is 14.4 Å². The smallest absolute Gasteiger partial charge is 0.257 e. The van der Waals surface area contributed by atoms with E-state index in [1.165, 1.54) is 21.6 Å². The number of para-hydroxylation sites is 2. The minimum Gasteiger partial charge on any atom is -0.333 e. The normalized spacial score (nSPS) is 15.7. The van der Waals surface area contributed by atoms with Crippen LogP contribution in [0.1, 0.15) is 12.0 Å². The molecule has 1 aliphatic rings. The third-order valence-corrected chi connectivity index (χ3v) is 7.19. The number of H-pyrrole nitrogens is 1. The Morgan fingerprint density at radius 1 is 1.03 bits per heavy atom. The maximum atomic E-state index is 13.4. The standard InChI is InChI=1S/C26H21BrN4O3S/c27-18-10-12-19(13-11-18)31-23(32)14-22(25(31)34)30(15-17-6-2-1-3-7-17)24(33)16-35-26-28-20-8-4-5-9-21(20)29-26/h1-13,22H,14-16H2,(H,28,29). The molecule has 35 heavy (non-hydrogen) atoms. The highest BCUT2D eigenvalue weighted by molar-refractivity contribution is 9.10. The molecule has 0 saturated carbocycles. The highest BCUT2D eigenvalue weighted by Crippen LogP contribution is 2.29. The SMILES string of the molecule is O=C1CC(N(Cc2ccccc2)C(=O)CSc2nc3ccccc3[nH]2)C(=O)N1c1ccc(Br)cc1. The molecule has 0 bridgehead atoms. The van der Waals surface area contributed by atoms with Crippen molar-refractivity contribution in [2.24, 2.45) is 0 Å². The average Bonchev–Trinajstić information content (AvgIpc) is 3.42. The van der Waals surface area contributed by atoms with E-state index in [0.717, 1.165) is 21.1 Å². The number of nitrogens with zero attached hydrogens (tertiary/aromatic N) is 3. The molecule has 2 heterocycles. The summed E-state index contributed by atoms with van der Waals surface area (Å²) in [5, 5.41) is 0.629. The van der Waals surface area contributed by atoms with Crippen LogP contribution in [0.25, 0.3) is 11.0 Å². The number of imide groups is 1. The molecule has 1 atom stereocenters. The van der Waals surface area contributed by atoms with Crippen molar-refractivity contribution in [2.75, 3.05) is 10.7 Å². The zero-order valence-corrected chi connectivity index (χ0v) is 21.0. The number of nitrogens with one attached hydrogen (secondary N) is 1. The lowest BCUT2D eigenvalue weighted by molar-refractivity contribution is -0.136. The van der Waals surface area contributed by atoms with Crippen LogP contribution < -0.4 is 4.90 Å². The van der Waals surface area contributed by atoms with E-state index in [1.54, 1.807) is 24.3 Å². The van der Waals surface area contributed by atoms with E-state index in [9.17, 15) is 14.4 Å². The van der Waals surface area contributed by atoms with Crippen molar-refractivity contribution in [1.82, 2.24) is 14.9 Å². The summed E-state index contributed by atoms with van der Waals surface area (Å²) in [6.07, 6.45) is -0.0528. The highest BCUT2D eigenvalue weighted by atomic mass is 79.9. The number of benzene rings is 3. The lowest BCUT2D eigenvalue weighted by Crippen LogP contribution is -2.45. The van der Waals surface area contributed by atoms with Crippen molar-refractivity contribution in [3.05, 3.63) is 88.9 Å². The van der Waals surface area contributed by atoms with Crippen molar-refractivity contribution >= 4 is 62.1 Å². The molecule has 1 aromatic heterocycles. The number of fused-ring (bicyclic) bond motifs is 1. The number of carbonyl (C=O) groups excluding carboxylic acids is 3. The molecule has 3 amide bonds. The largest absolute Gasteiger partial charge is 0.333 e. The van der Waals surface area contributed by atoms with Crippen LogP contribution in [0.3, 0.4) is 0 Å². The second-order valence-corrected chi connectivity index (χ2v) is 10.00. The van der Waals surface area contributed by atoms with E-state index in [-0.39, 0.29) is 30.5 Å². The van der Waals surface area contributed by atoms with E-state index >= 15 is 0 Å². The van der Waals surface area contributed by atoms with Crippen LogP contribution in [0.15, 0.2) is 88.5 Å². The molecule has 5 rings (SSSR count). The van der Waals surface area contributed by atoms with E-state index in [1.807, 2.05) is 54.6 Å². The number of aromatic amines is 1. The van der Waals surface area contributed by atoms with Gasteiger partial charge in [-0.2, -0.15) is 0 Å². The third kappa shape index (κ3) is 5.01. The molecule has 0 spiro atoms. The first-order chi connectivity index (χ1) is 17.0. The summed E-state index contributed by atoms with van der Waals surface area (Å²) in [6, 6.07) is 23.2. The van der Waals surface area contributed by atoms with Crippen molar-refractivity contribution in [3.63, 3.8) is 0 Å². The molecule has 9 heteroatoms. The maximum Gasteiger partial charge on any atom is 0.257 e. The Balaban J connectivity index is 1.38. The Labute approximate surface area is 214 Å².